The van der Waals surface area contributed by atoms with Gasteiger partial charge >= 0.3 is 0 Å². The number of amides is 1. The maximum Gasteiger partial charge on any atom is 0.251 e. The fraction of sp³-hybridized carbons (Fsp3) is 0.400. The Kier molecular flexibility index (Phi) is 5.66. The van der Waals surface area contributed by atoms with Crippen LogP contribution in [0.15, 0.2) is 42.7 Å². The zero-order valence-corrected chi connectivity index (χ0v) is 14.3. The van der Waals surface area contributed by atoms with Crippen molar-refractivity contribution in [2.75, 3.05) is 6.54 Å². The maximum absolute atomic E-state index is 12.5. The average molecular weight is 339 g/mol. The Balaban J connectivity index is 1.64. The van der Waals surface area contributed by atoms with Gasteiger partial charge in [-0.15, -0.1) is 0 Å². The number of hydrogen-bond donors (Lipinski definition) is 3. The summed E-state index contributed by atoms with van der Waals surface area (Å²) in [5.74, 6) is 0.286. The highest BCUT2D eigenvalue weighted by Gasteiger charge is 2.24. The van der Waals surface area contributed by atoms with Crippen molar-refractivity contribution in [3.05, 3.63) is 59.4 Å². The molecular weight excluding hydrogens is 314 g/mol. The van der Waals surface area contributed by atoms with Crippen LogP contribution in [0.1, 0.15) is 58.4 Å². The molecule has 132 valence electrons. The third kappa shape index (κ3) is 4.17. The van der Waals surface area contributed by atoms with Gasteiger partial charge in [-0.2, -0.15) is 0 Å². The Morgan fingerprint density at radius 1 is 1.04 bits per heavy atom. The van der Waals surface area contributed by atoms with Crippen molar-refractivity contribution in [2.45, 2.75) is 38.1 Å². The second kappa shape index (κ2) is 8.12. The molecule has 1 aromatic carbocycles. The van der Waals surface area contributed by atoms with E-state index in [0.717, 1.165) is 12.8 Å². The quantitative estimate of drug-likeness (QED) is 0.707. The zero-order chi connectivity index (χ0) is 17.6. The summed E-state index contributed by atoms with van der Waals surface area (Å²) in [7, 11) is 0. The van der Waals surface area contributed by atoms with E-state index in [4.69, 9.17) is 5.73 Å². The van der Waals surface area contributed by atoms with Crippen LogP contribution >= 0.6 is 0 Å². The van der Waals surface area contributed by atoms with Crippen molar-refractivity contribution in [3.8, 4) is 0 Å². The van der Waals surface area contributed by atoms with E-state index in [1.54, 1.807) is 42.7 Å². The number of carbonyl (C=O) groups is 2. The first-order valence-corrected chi connectivity index (χ1v) is 8.97. The van der Waals surface area contributed by atoms with E-state index < -0.39 is 0 Å². The highest BCUT2D eigenvalue weighted by atomic mass is 16.1. The van der Waals surface area contributed by atoms with Crippen LogP contribution in [0.4, 0.5) is 0 Å². The minimum atomic E-state index is -0.123. The predicted molar refractivity (Wildman–Crippen MR) is 97.6 cm³/mol. The molecule has 0 bridgehead atoms. The number of H-pyrrole nitrogens is 1. The molecule has 1 atom stereocenters. The monoisotopic (exact) mass is 339 g/mol. The molecule has 1 fully saturated rings. The van der Waals surface area contributed by atoms with Crippen LogP contribution in [0.2, 0.25) is 0 Å². The lowest BCUT2D eigenvalue weighted by atomic mass is 9.84. The standard InChI is InChI=1S/C20H25N3O2/c21-12-18(14-4-2-1-3-5-14)23-20(25)16-8-6-15(7-9-16)19(24)17-10-11-22-13-17/h6-11,13-14,18,22H,1-5,12,21H2,(H,23,25). The highest BCUT2D eigenvalue weighted by molar-refractivity contribution is 6.09. The molecule has 1 aliphatic rings. The Hall–Kier alpha value is -2.40. The Bertz CT molecular complexity index is 701. The lowest BCUT2D eigenvalue weighted by molar-refractivity contribution is 0.0914. The number of nitrogens with one attached hydrogen (secondary N) is 2. The van der Waals surface area contributed by atoms with E-state index in [1.807, 2.05) is 0 Å². The first-order valence-electron chi connectivity index (χ1n) is 8.97. The number of hydrogen-bond acceptors (Lipinski definition) is 3. The Labute approximate surface area is 148 Å². The molecule has 1 heterocycles. The molecular formula is C20H25N3O2. The van der Waals surface area contributed by atoms with Crippen LogP contribution in [0, 0.1) is 5.92 Å². The maximum atomic E-state index is 12.5. The van der Waals surface area contributed by atoms with Gasteiger partial charge in [-0.25, -0.2) is 0 Å². The second-order valence-electron chi connectivity index (χ2n) is 6.72. The average Bonchev–Trinajstić information content (AvgIpc) is 3.21. The SMILES string of the molecule is NCC(NC(=O)c1ccc(C(=O)c2cc[nH]c2)cc1)C1CCCCC1. The fourth-order valence-electron chi connectivity index (χ4n) is 3.56. The molecule has 25 heavy (non-hydrogen) atoms. The summed E-state index contributed by atoms with van der Waals surface area (Å²) in [6.07, 6.45) is 9.35. The first-order chi connectivity index (χ1) is 12.2. The van der Waals surface area contributed by atoms with Crippen LogP contribution < -0.4 is 11.1 Å². The number of rotatable bonds is 6. The molecule has 1 aliphatic carbocycles. The molecule has 5 nitrogen and oxygen atoms in total. The fourth-order valence-corrected chi connectivity index (χ4v) is 3.56. The molecule has 0 saturated heterocycles. The number of aromatic amines is 1. The zero-order valence-electron chi connectivity index (χ0n) is 14.3. The highest BCUT2D eigenvalue weighted by Crippen LogP contribution is 2.26. The molecule has 1 aromatic heterocycles. The predicted octanol–water partition coefficient (Wildman–Crippen LogP) is 2.88. The largest absolute Gasteiger partial charge is 0.367 e. The number of nitrogens with two attached hydrogens (primary N) is 1. The van der Waals surface area contributed by atoms with Crippen molar-refractivity contribution in [1.82, 2.24) is 10.3 Å². The summed E-state index contributed by atoms with van der Waals surface area (Å²) in [4.78, 5) is 27.7. The van der Waals surface area contributed by atoms with Crippen molar-refractivity contribution in [1.29, 1.82) is 0 Å². The Morgan fingerprint density at radius 3 is 2.32 bits per heavy atom. The van der Waals surface area contributed by atoms with Gasteiger partial charge in [0.05, 0.1) is 0 Å². The molecule has 1 unspecified atom stereocenters. The van der Waals surface area contributed by atoms with Gasteiger partial charge in [-0.1, -0.05) is 31.4 Å². The van der Waals surface area contributed by atoms with Crippen LogP contribution in [0.5, 0.6) is 0 Å². The Morgan fingerprint density at radius 2 is 1.72 bits per heavy atom. The number of ketones is 1. The molecule has 2 aromatic rings. The van der Waals surface area contributed by atoms with Gasteiger partial charge in [-0.3, -0.25) is 9.59 Å². The summed E-state index contributed by atoms with van der Waals surface area (Å²) < 4.78 is 0. The lowest BCUT2D eigenvalue weighted by Gasteiger charge is -2.30. The third-order valence-electron chi connectivity index (χ3n) is 5.06. The summed E-state index contributed by atoms with van der Waals surface area (Å²) >= 11 is 0. The first kappa shape index (κ1) is 17.4. The number of carbonyl (C=O) groups excluding carboxylic acids is 2. The molecule has 5 heteroatoms. The molecule has 0 spiro atoms. The van der Waals surface area contributed by atoms with Gasteiger partial charge in [0.1, 0.15) is 0 Å². The van der Waals surface area contributed by atoms with E-state index in [0.29, 0.717) is 29.2 Å². The van der Waals surface area contributed by atoms with Gasteiger partial charge < -0.3 is 16.0 Å². The number of aromatic nitrogens is 1. The summed E-state index contributed by atoms with van der Waals surface area (Å²) in [5.41, 5.74) is 7.62. The summed E-state index contributed by atoms with van der Waals surface area (Å²) in [6.45, 7) is 0.459. The van der Waals surface area contributed by atoms with Gasteiger partial charge in [0.25, 0.3) is 5.91 Å². The van der Waals surface area contributed by atoms with Crippen molar-refractivity contribution >= 4 is 11.7 Å². The van der Waals surface area contributed by atoms with Crippen molar-refractivity contribution in [2.24, 2.45) is 11.7 Å². The minimum Gasteiger partial charge on any atom is -0.367 e. The molecule has 0 radical (unpaired) electrons. The van der Waals surface area contributed by atoms with Gasteiger partial charge in [-0.05, 0) is 37.0 Å². The second-order valence-corrected chi connectivity index (χ2v) is 6.72. The van der Waals surface area contributed by atoms with E-state index >= 15 is 0 Å². The molecule has 1 amide bonds. The molecule has 3 rings (SSSR count). The third-order valence-corrected chi connectivity index (χ3v) is 5.06. The molecule has 0 aliphatic heterocycles. The minimum absolute atomic E-state index is 0.0222. The lowest BCUT2D eigenvalue weighted by Crippen LogP contribution is -2.45. The van der Waals surface area contributed by atoms with Crippen LogP contribution in [0.3, 0.4) is 0 Å². The van der Waals surface area contributed by atoms with E-state index in [9.17, 15) is 9.59 Å². The van der Waals surface area contributed by atoms with Crippen molar-refractivity contribution in [3.63, 3.8) is 0 Å². The van der Waals surface area contributed by atoms with Crippen LogP contribution in [-0.2, 0) is 0 Å². The van der Waals surface area contributed by atoms with E-state index in [-0.39, 0.29) is 17.7 Å². The van der Waals surface area contributed by atoms with Crippen LogP contribution in [-0.4, -0.2) is 29.3 Å². The van der Waals surface area contributed by atoms with E-state index in [1.165, 1.54) is 19.3 Å². The normalized spacial score (nSPS) is 16.4. The van der Waals surface area contributed by atoms with E-state index in [2.05, 4.69) is 10.3 Å². The summed E-state index contributed by atoms with van der Waals surface area (Å²) in [5, 5.41) is 3.08. The van der Waals surface area contributed by atoms with Gasteiger partial charge in [0.2, 0.25) is 0 Å². The molecule has 1 saturated carbocycles. The smallest absolute Gasteiger partial charge is 0.251 e. The van der Waals surface area contributed by atoms with Gasteiger partial charge in [0.15, 0.2) is 5.78 Å². The van der Waals surface area contributed by atoms with Crippen molar-refractivity contribution < 1.29 is 9.59 Å². The summed E-state index contributed by atoms with van der Waals surface area (Å²) in [6, 6.07) is 8.55. The molecule has 4 N–H and O–H groups in total. The number of benzene rings is 1. The van der Waals surface area contributed by atoms with Gasteiger partial charge in [0, 0.05) is 41.7 Å². The van der Waals surface area contributed by atoms with Crippen LogP contribution in [0.25, 0.3) is 0 Å². The topological polar surface area (TPSA) is 88.0 Å².